The molecule has 3 aromatic rings. The molecule has 174 valence electrons. The maximum atomic E-state index is 13.0. The molecule has 0 atom stereocenters. The minimum atomic E-state index is -5.02. The van der Waals surface area contributed by atoms with Crippen LogP contribution in [0.15, 0.2) is 53.0 Å². The molecule has 0 saturated carbocycles. The average Bonchev–Trinajstić information content (AvgIpc) is 2.72. The summed E-state index contributed by atoms with van der Waals surface area (Å²) in [7, 11) is 1.34. The third-order valence-electron chi connectivity index (χ3n) is 4.46. The number of thiocarbonyl (C=S) groups is 1. The molecule has 3 rings (SSSR count). The summed E-state index contributed by atoms with van der Waals surface area (Å²) in [6.45, 7) is 0. The Hall–Kier alpha value is -2.86. The Morgan fingerprint density at radius 3 is 2.09 bits per heavy atom. The molecule has 0 spiro atoms. The molecule has 0 saturated heterocycles. The lowest BCUT2D eigenvalue weighted by Crippen LogP contribution is -2.34. The number of carbonyl (C=O) groups is 1. The predicted molar refractivity (Wildman–Crippen MR) is 118 cm³/mol. The molecule has 1 amide bonds. The highest BCUT2D eigenvalue weighted by Crippen LogP contribution is 2.38. The van der Waals surface area contributed by atoms with Crippen molar-refractivity contribution >= 4 is 55.6 Å². The molecule has 0 heterocycles. The number of anilines is 1. The van der Waals surface area contributed by atoms with Gasteiger partial charge in [0.1, 0.15) is 5.75 Å². The van der Waals surface area contributed by atoms with E-state index < -0.39 is 40.2 Å². The van der Waals surface area contributed by atoms with Crippen LogP contribution in [0, 0.1) is 0 Å². The summed E-state index contributed by atoms with van der Waals surface area (Å²) >= 11 is 8.30. The Bertz CT molecular complexity index is 1210. The van der Waals surface area contributed by atoms with Gasteiger partial charge in [0.2, 0.25) is 0 Å². The van der Waals surface area contributed by atoms with Crippen LogP contribution in [0.5, 0.6) is 5.75 Å². The van der Waals surface area contributed by atoms with Crippen molar-refractivity contribution in [2.45, 2.75) is 12.4 Å². The topological polar surface area (TPSA) is 50.4 Å². The molecule has 0 bridgehead atoms. The van der Waals surface area contributed by atoms with Crippen LogP contribution in [0.1, 0.15) is 21.5 Å². The van der Waals surface area contributed by atoms with Crippen molar-refractivity contribution in [1.82, 2.24) is 5.32 Å². The van der Waals surface area contributed by atoms with Crippen LogP contribution in [-0.4, -0.2) is 18.1 Å². The fraction of sp³-hybridized carbons (Fsp3) is 0.143. The zero-order valence-corrected chi connectivity index (χ0v) is 18.9. The van der Waals surface area contributed by atoms with Crippen LogP contribution in [0.3, 0.4) is 0 Å². The van der Waals surface area contributed by atoms with Crippen molar-refractivity contribution in [3.8, 4) is 5.75 Å². The smallest absolute Gasteiger partial charge is 0.416 e. The van der Waals surface area contributed by atoms with Gasteiger partial charge in [0, 0.05) is 5.69 Å². The summed E-state index contributed by atoms with van der Waals surface area (Å²) in [6, 6.07) is 9.50. The highest BCUT2D eigenvalue weighted by molar-refractivity contribution is 9.10. The van der Waals surface area contributed by atoms with Gasteiger partial charge in [-0.25, -0.2) is 0 Å². The number of halogens is 7. The number of nitrogens with one attached hydrogen (secondary N) is 2. The summed E-state index contributed by atoms with van der Waals surface area (Å²) in [6.07, 6.45) is -10.0. The molecule has 0 aliphatic carbocycles. The van der Waals surface area contributed by atoms with Crippen LogP contribution in [0.4, 0.5) is 32.0 Å². The van der Waals surface area contributed by atoms with Crippen molar-refractivity contribution in [3.63, 3.8) is 0 Å². The van der Waals surface area contributed by atoms with E-state index >= 15 is 0 Å². The van der Waals surface area contributed by atoms with Gasteiger partial charge in [0.05, 0.1) is 28.3 Å². The molecule has 0 unspecified atom stereocenters. The molecular weight excluding hydrogens is 538 g/mol. The normalized spacial score (nSPS) is 11.9. The van der Waals surface area contributed by atoms with Gasteiger partial charge in [-0.2, -0.15) is 26.3 Å². The van der Waals surface area contributed by atoms with Crippen LogP contribution < -0.4 is 15.4 Å². The number of methoxy groups -OCH3 is 1. The largest absolute Gasteiger partial charge is 0.495 e. The fourth-order valence-electron chi connectivity index (χ4n) is 3.01. The second-order valence-corrected chi connectivity index (χ2v) is 7.90. The van der Waals surface area contributed by atoms with Crippen LogP contribution >= 0.6 is 28.1 Å². The first-order valence-corrected chi connectivity index (χ1v) is 10.2. The summed E-state index contributed by atoms with van der Waals surface area (Å²) in [5.41, 5.74) is -3.58. The first-order chi connectivity index (χ1) is 15.3. The minimum Gasteiger partial charge on any atom is -0.495 e. The van der Waals surface area contributed by atoms with Gasteiger partial charge in [-0.05, 0) is 63.2 Å². The van der Waals surface area contributed by atoms with Crippen molar-refractivity contribution in [1.29, 1.82) is 0 Å². The van der Waals surface area contributed by atoms with Crippen LogP contribution in [0.25, 0.3) is 10.8 Å². The number of rotatable bonds is 3. The maximum absolute atomic E-state index is 13.0. The molecular formula is C21H13BrF6N2O2S. The lowest BCUT2D eigenvalue weighted by molar-refractivity contribution is -0.143. The second kappa shape index (κ2) is 9.18. The molecule has 4 nitrogen and oxygen atoms in total. The summed E-state index contributed by atoms with van der Waals surface area (Å²) in [5, 5.41) is 5.39. The highest BCUT2D eigenvalue weighted by atomic mass is 79.9. The highest BCUT2D eigenvalue weighted by Gasteiger charge is 2.37. The van der Waals surface area contributed by atoms with E-state index in [0.29, 0.717) is 22.0 Å². The summed E-state index contributed by atoms with van der Waals surface area (Å²) < 4.78 is 84.0. The van der Waals surface area contributed by atoms with E-state index in [1.165, 1.54) is 13.2 Å². The number of hydrogen-bond acceptors (Lipinski definition) is 3. The second-order valence-electron chi connectivity index (χ2n) is 6.70. The Morgan fingerprint density at radius 2 is 1.55 bits per heavy atom. The molecule has 12 heteroatoms. The first-order valence-electron chi connectivity index (χ1n) is 8.98. The molecule has 0 radical (unpaired) electrons. The lowest BCUT2D eigenvalue weighted by atomic mass is 10.1. The van der Waals surface area contributed by atoms with Crippen molar-refractivity contribution in [2.75, 3.05) is 12.4 Å². The Labute approximate surface area is 197 Å². The molecule has 3 aromatic carbocycles. The number of amides is 1. The third-order valence-corrected chi connectivity index (χ3v) is 5.45. The zero-order chi connectivity index (χ0) is 24.6. The number of fused-ring (bicyclic) bond motifs is 1. The van der Waals surface area contributed by atoms with Crippen LogP contribution in [0.2, 0.25) is 0 Å². The molecule has 2 N–H and O–H groups in total. The Kier molecular flexibility index (Phi) is 6.89. The van der Waals surface area contributed by atoms with E-state index in [0.717, 1.165) is 5.39 Å². The van der Waals surface area contributed by atoms with Gasteiger partial charge in [-0.15, -0.1) is 0 Å². The maximum Gasteiger partial charge on any atom is 0.416 e. The molecule has 0 aliphatic heterocycles. The van der Waals surface area contributed by atoms with Crippen molar-refractivity contribution in [2.24, 2.45) is 0 Å². The van der Waals surface area contributed by atoms with E-state index in [-0.39, 0.29) is 17.4 Å². The third kappa shape index (κ3) is 5.56. The number of ether oxygens (including phenoxy) is 1. The predicted octanol–water partition coefficient (Wildman–Crippen LogP) is 6.78. The number of hydrogen-bond donors (Lipinski definition) is 2. The standard InChI is InChI=1S/C21H13BrF6N2O2S/c1-32-17-15(6-10-4-2-3-5-14(10)16(17)22)18(31)30-19(33)29-13-8-11(20(23,24)25)7-12(9-13)21(26,27)28/h2-9H,1H3,(H2,29,30,31,33). The Morgan fingerprint density at radius 1 is 0.970 bits per heavy atom. The van der Waals surface area contributed by atoms with Crippen molar-refractivity contribution in [3.05, 3.63) is 69.7 Å². The van der Waals surface area contributed by atoms with Gasteiger partial charge in [0.15, 0.2) is 5.11 Å². The first kappa shape index (κ1) is 24.8. The molecule has 0 fully saturated rings. The zero-order valence-electron chi connectivity index (χ0n) is 16.5. The summed E-state index contributed by atoms with van der Waals surface area (Å²) in [4.78, 5) is 12.8. The quantitative estimate of drug-likeness (QED) is 0.279. The van der Waals surface area contributed by atoms with Crippen LogP contribution in [-0.2, 0) is 12.4 Å². The van der Waals surface area contributed by atoms with E-state index in [1.807, 2.05) is 0 Å². The molecule has 0 aromatic heterocycles. The summed E-state index contributed by atoms with van der Waals surface area (Å²) in [5.74, 6) is -0.605. The van der Waals surface area contributed by atoms with E-state index in [2.05, 4.69) is 26.6 Å². The Balaban J connectivity index is 1.89. The van der Waals surface area contributed by atoms with Crippen molar-refractivity contribution < 1.29 is 35.9 Å². The number of benzene rings is 3. The van der Waals surface area contributed by atoms with Gasteiger partial charge in [0.25, 0.3) is 5.91 Å². The van der Waals surface area contributed by atoms with Gasteiger partial charge in [-0.1, -0.05) is 24.3 Å². The fourth-order valence-corrected chi connectivity index (χ4v) is 3.96. The SMILES string of the molecule is COc1c(C(=O)NC(=S)Nc2cc(C(F)(F)F)cc(C(F)(F)F)c2)cc2ccccc2c1Br. The van der Waals surface area contributed by atoms with E-state index in [1.54, 1.807) is 24.3 Å². The average molecular weight is 551 g/mol. The lowest BCUT2D eigenvalue weighted by Gasteiger charge is -2.17. The van der Waals surface area contributed by atoms with E-state index in [4.69, 9.17) is 17.0 Å². The van der Waals surface area contributed by atoms with Gasteiger partial charge in [-0.3, -0.25) is 10.1 Å². The monoisotopic (exact) mass is 550 g/mol. The molecule has 33 heavy (non-hydrogen) atoms. The van der Waals surface area contributed by atoms with Gasteiger partial charge >= 0.3 is 12.4 Å². The van der Waals surface area contributed by atoms with E-state index in [9.17, 15) is 31.1 Å². The number of carbonyl (C=O) groups excluding carboxylic acids is 1. The number of alkyl halides is 6. The molecule has 0 aliphatic rings. The van der Waals surface area contributed by atoms with Gasteiger partial charge < -0.3 is 10.1 Å². The minimum absolute atomic E-state index is 0.00964.